The van der Waals surface area contributed by atoms with Gasteiger partial charge in [0.05, 0.1) is 0 Å². The van der Waals surface area contributed by atoms with Crippen LogP contribution in [0.3, 0.4) is 0 Å². The van der Waals surface area contributed by atoms with E-state index in [1.54, 1.807) is 11.9 Å². The average molecular weight is 258 g/mol. The van der Waals surface area contributed by atoms with Crippen molar-refractivity contribution in [1.29, 1.82) is 0 Å². The number of carboxylic acid groups (broad SMARTS) is 1. The number of carbonyl (C=O) groups excluding carboxylic acids is 1. The predicted molar refractivity (Wildman–Crippen MR) is 71.6 cm³/mol. The molecule has 5 nitrogen and oxygen atoms in total. The Morgan fingerprint density at radius 2 is 1.83 bits per heavy atom. The first-order valence-corrected chi connectivity index (χ1v) is 6.70. The molecule has 0 saturated carbocycles. The number of nitrogens with one attached hydrogen (secondary N) is 1. The van der Waals surface area contributed by atoms with Gasteiger partial charge in [0.15, 0.2) is 0 Å². The van der Waals surface area contributed by atoms with E-state index in [9.17, 15) is 9.59 Å². The van der Waals surface area contributed by atoms with Crippen LogP contribution in [0.15, 0.2) is 0 Å². The van der Waals surface area contributed by atoms with Crippen LogP contribution in [0.25, 0.3) is 0 Å². The van der Waals surface area contributed by atoms with Crippen molar-refractivity contribution in [2.45, 2.75) is 65.0 Å². The second kappa shape index (κ2) is 8.78. The number of carbonyl (C=O) groups is 2. The second-order valence-corrected chi connectivity index (χ2v) is 4.73. The van der Waals surface area contributed by atoms with Gasteiger partial charge in [0.1, 0.15) is 6.04 Å². The molecule has 0 aromatic heterocycles. The summed E-state index contributed by atoms with van der Waals surface area (Å²) in [7, 11) is 1.70. The van der Waals surface area contributed by atoms with E-state index in [1.807, 2.05) is 13.8 Å². The average Bonchev–Trinajstić information content (AvgIpc) is 2.33. The van der Waals surface area contributed by atoms with Crippen LogP contribution < -0.4 is 5.32 Å². The maximum Gasteiger partial charge on any atom is 0.326 e. The first-order chi connectivity index (χ1) is 8.43. The molecule has 18 heavy (non-hydrogen) atoms. The zero-order chi connectivity index (χ0) is 14.1. The largest absolute Gasteiger partial charge is 0.480 e. The summed E-state index contributed by atoms with van der Waals surface area (Å²) in [6.45, 7) is 6.02. The Labute approximate surface area is 110 Å². The molecule has 0 aromatic rings. The van der Waals surface area contributed by atoms with Crippen LogP contribution in [0.5, 0.6) is 0 Å². The van der Waals surface area contributed by atoms with E-state index in [-0.39, 0.29) is 12.1 Å². The highest BCUT2D eigenvalue weighted by Crippen LogP contribution is 2.06. The predicted octanol–water partition coefficient (Wildman–Crippen LogP) is 2.46. The fourth-order valence-electron chi connectivity index (χ4n) is 1.73. The zero-order valence-corrected chi connectivity index (χ0v) is 11.9. The lowest BCUT2D eigenvalue weighted by molar-refractivity contribution is -0.139. The molecule has 0 fully saturated rings. The highest BCUT2D eigenvalue weighted by atomic mass is 16.4. The SMILES string of the molecule is CCCC[C@H](NC(=O)N(C)C(C)CCC)C(=O)O. The number of rotatable bonds is 8. The summed E-state index contributed by atoms with van der Waals surface area (Å²) < 4.78 is 0. The van der Waals surface area contributed by atoms with E-state index in [1.165, 1.54) is 0 Å². The molecule has 2 atom stereocenters. The van der Waals surface area contributed by atoms with Gasteiger partial charge in [-0.3, -0.25) is 0 Å². The van der Waals surface area contributed by atoms with Gasteiger partial charge in [-0.15, -0.1) is 0 Å². The summed E-state index contributed by atoms with van der Waals surface area (Å²) in [6, 6.07) is -0.969. The number of amides is 2. The van der Waals surface area contributed by atoms with Crippen molar-refractivity contribution in [2.75, 3.05) is 7.05 Å². The Kier molecular flexibility index (Phi) is 8.16. The molecule has 0 aliphatic carbocycles. The molecule has 0 heterocycles. The van der Waals surface area contributed by atoms with Crippen molar-refractivity contribution in [3.63, 3.8) is 0 Å². The lowest BCUT2D eigenvalue weighted by Crippen LogP contribution is -2.49. The van der Waals surface area contributed by atoms with E-state index in [0.29, 0.717) is 6.42 Å². The van der Waals surface area contributed by atoms with Crippen LogP contribution in [-0.2, 0) is 4.79 Å². The number of aliphatic carboxylic acids is 1. The highest BCUT2D eigenvalue weighted by molar-refractivity contribution is 5.82. The summed E-state index contributed by atoms with van der Waals surface area (Å²) in [5.74, 6) is -0.964. The van der Waals surface area contributed by atoms with Gasteiger partial charge in [0, 0.05) is 13.1 Å². The van der Waals surface area contributed by atoms with E-state index in [2.05, 4.69) is 12.2 Å². The summed E-state index contributed by atoms with van der Waals surface area (Å²) >= 11 is 0. The van der Waals surface area contributed by atoms with E-state index in [0.717, 1.165) is 25.7 Å². The molecule has 0 aliphatic heterocycles. The molecule has 2 amide bonds. The number of hydrogen-bond acceptors (Lipinski definition) is 2. The normalized spacial score (nSPS) is 13.8. The Hall–Kier alpha value is -1.26. The molecule has 2 N–H and O–H groups in total. The minimum atomic E-state index is -0.964. The van der Waals surface area contributed by atoms with E-state index in [4.69, 9.17) is 5.11 Å². The summed E-state index contributed by atoms with van der Waals surface area (Å²) in [5, 5.41) is 11.6. The van der Waals surface area contributed by atoms with Gasteiger partial charge in [0.2, 0.25) is 0 Å². The lowest BCUT2D eigenvalue weighted by atomic mass is 10.1. The maximum absolute atomic E-state index is 11.9. The Bertz CT molecular complexity index is 269. The fourth-order valence-corrected chi connectivity index (χ4v) is 1.73. The number of carboxylic acids is 1. The van der Waals surface area contributed by atoms with Gasteiger partial charge < -0.3 is 15.3 Å². The van der Waals surface area contributed by atoms with Crippen LogP contribution >= 0.6 is 0 Å². The first kappa shape index (κ1) is 16.7. The maximum atomic E-state index is 11.9. The highest BCUT2D eigenvalue weighted by Gasteiger charge is 2.22. The first-order valence-electron chi connectivity index (χ1n) is 6.70. The van der Waals surface area contributed by atoms with Crippen LogP contribution in [0, 0.1) is 0 Å². The van der Waals surface area contributed by atoms with E-state index < -0.39 is 12.0 Å². The van der Waals surface area contributed by atoms with Crippen molar-refractivity contribution in [3.8, 4) is 0 Å². The van der Waals surface area contributed by atoms with Crippen molar-refractivity contribution in [3.05, 3.63) is 0 Å². The topological polar surface area (TPSA) is 69.6 Å². The summed E-state index contributed by atoms with van der Waals surface area (Å²) in [5.41, 5.74) is 0. The van der Waals surface area contributed by atoms with Crippen LogP contribution in [-0.4, -0.2) is 41.1 Å². The van der Waals surface area contributed by atoms with Crippen LogP contribution in [0.4, 0.5) is 4.79 Å². The van der Waals surface area contributed by atoms with Crippen molar-refractivity contribution < 1.29 is 14.7 Å². The number of urea groups is 1. The Balaban J connectivity index is 4.35. The molecule has 0 rings (SSSR count). The van der Waals surface area contributed by atoms with Gasteiger partial charge in [-0.25, -0.2) is 9.59 Å². The molecule has 1 unspecified atom stereocenters. The van der Waals surface area contributed by atoms with Gasteiger partial charge >= 0.3 is 12.0 Å². The fraction of sp³-hybridized carbons (Fsp3) is 0.846. The molecule has 0 spiro atoms. The molecule has 0 saturated heterocycles. The third-order valence-electron chi connectivity index (χ3n) is 3.13. The molecule has 5 heteroatoms. The molecule has 0 aliphatic rings. The Morgan fingerprint density at radius 1 is 1.22 bits per heavy atom. The third kappa shape index (κ3) is 5.89. The monoisotopic (exact) mass is 258 g/mol. The van der Waals surface area contributed by atoms with Gasteiger partial charge in [-0.1, -0.05) is 33.1 Å². The minimum absolute atomic E-state index is 0.121. The molecule has 0 aromatic carbocycles. The summed E-state index contributed by atoms with van der Waals surface area (Å²) in [6.07, 6.45) is 4.11. The third-order valence-corrected chi connectivity index (χ3v) is 3.13. The van der Waals surface area contributed by atoms with Crippen LogP contribution in [0.2, 0.25) is 0 Å². The number of unbranched alkanes of at least 4 members (excludes halogenated alkanes) is 1. The number of nitrogens with zero attached hydrogens (tertiary/aromatic N) is 1. The van der Waals surface area contributed by atoms with Gasteiger partial charge in [0.25, 0.3) is 0 Å². The molecule has 0 bridgehead atoms. The second-order valence-electron chi connectivity index (χ2n) is 4.73. The molecule has 106 valence electrons. The smallest absolute Gasteiger partial charge is 0.326 e. The quantitative estimate of drug-likeness (QED) is 0.702. The molecule has 0 radical (unpaired) electrons. The van der Waals surface area contributed by atoms with Crippen LogP contribution in [0.1, 0.15) is 52.9 Å². The van der Waals surface area contributed by atoms with Crippen molar-refractivity contribution >= 4 is 12.0 Å². The van der Waals surface area contributed by atoms with Gasteiger partial charge in [-0.2, -0.15) is 0 Å². The van der Waals surface area contributed by atoms with Crippen molar-refractivity contribution in [1.82, 2.24) is 10.2 Å². The zero-order valence-electron chi connectivity index (χ0n) is 11.9. The van der Waals surface area contributed by atoms with E-state index >= 15 is 0 Å². The number of hydrogen-bond donors (Lipinski definition) is 2. The summed E-state index contributed by atoms with van der Waals surface area (Å²) in [4.78, 5) is 24.5. The standard InChI is InChI=1S/C13H26N2O3/c1-5-7-9-11(12(16)17)14-13(18)15(4)10(3)8-6-2/h10-11H,5-9H2,1-4H3,(H,14,18)(H,16,17)/t10?,11-/m0/s1. The molecular formula is C13H26N2O3. The minimum Gasteiger partial charge on any atom is -0.480 e. The van der Waals surface area contributed by atoms with Gasteiger partial charge in [-0.05, 0) is 19.8 Å². The van der Waals surface area contributed by atoms with Crippen molar-refractivity contribution in [2.24, 2.45) is 0 Å². The lowest BCUT2D eigenvalue weighted by Gasteiger charge is -2.26. The molecular weight excluding hydrogens is 232 g/mol. The Morgan fingerprint density at radius 3 is 2.28 bits per heavy atom.